The maximum Gasteiger partial charge on any atom is 0.169 e. The van der Waals surface area contributed by atoms with E-state index >= 15 is 0 Å². The molecule has 0 heterocycles. The summed E-state index contributed by atoms with van der Waals surface area (Å²) in [4.78, 5) is 0. The number of aryl methyl sites for hydroxylation is 1. The third-order valence-electron chi connectivity index (χ3n) is 1.33. The fourth-order valence-electron chi connectivity index (χ4n) is 0.820. The number of aromatic hydroxyl groups is 1. The number of benzene rings is 1. The molecule has 0 bridgehead atoms. The molecule has 0 unspecified atom stereocenters. The minimum absolute atomic E-state index is 0.0255. The number of nitriles is 1. The second-order valence-electron chi connectivity index (χ2n) is 2.25. The van der Waals surface area contributed by atoms with Gasteiger partial charge in [0, 0.05) is 0 Å². The van der Waals surface area contributed by atoms with Crippen LogP contribution in [0.3, 0.4) is 0 Å². The summed E-state index contributed by atoms with van der Waals surface area (Å²) in [5.74, 6) is -1.32. The van der Waals surface area contributed by atoms with Crippen LogP contribution in [0.2, 0.25) is 0 Å². The average molecular weight is 151 g/mol. The van der Waals surface area contributed by atoms with Crippen LogP contribution in [0.4, 0.5) is 4.39 Å². The molecular formula is C8H6FNO. The maximum atomic E-state index is 12.6. The van der Waals surface area contributed by atoms with Gasteiger partial charge in [-0.05, 0) is 24.6 Å². The van der Waals surface area contributed by atoms with E-state index in [1.807, 2.05) is 0 Å². The highest BCUT2D eigenvalue weighted by Crippen LogP contribution is 2.21. The smallest absolute Gasteiger partial charge is 0.169 e. The van der Waals surface area contributed by atoms with Crippen molar-refractivity contribution in [1.82, 2.24) is 0 Å². The van der Waals surface area contributed by atoms with Gasteiger partial charge in [-0.3, -0.25) is 0 Å². The number of phenols is 1. The van der Waals surface area contributed by atoms with Gasteiger partial charge in [0.2, 0.25) is 0 Å². The molecule has 0 aromatic heterocycles. The fourth-order valence-corrected chi connectivity index (χ4v) is 0.820. The van der Waals surface area contributed by atoms with Gasteiger partial charge in [0.05, 0.1) is 5.56 Å². The highest BCUT2D eigenvalue weighted by molar-refractivity contribution is 5.45. The Labute approximate surface area is 63.5 Å². The SMILES string of the molecule is Cc1cc(F)c(O)c(C#N)c1. The lowest BCUT2D eigenvalue weighted by Crippen LogP contribution is -1.84. The number of halogens is 1. The average Bonchev–Trinajstić information content (AvgIpc) is 1.96. The lowest BCUT2D eigenvalue weighted by molar-refractivity contribution is 0.430. The predicted octanol–water partition coefficient (Wildman–Crippen LogP) is 1.71. The summed E-state index contributed by atoms with van der Waals surface area (Å²) in [6.07, 6.45) is 0. The minimum Gasteiger partial charge on any atom is -0.504 e. The van der Waals surface area contributed by atoms with Crippen LogP contribution in [-0.2, 0) is 0 Å². The molecule has 2 nitrogen and oxygen atoms in total. The molecule has 56 valence electrons. The summed E-state index contributed by atoms with van der Waals surface area (Å²) in [7, 11) is 0. The summed E-state index contributed by atoms with van der Waals surface area (Å²) < 4.78 is 12.6. The molecule has 0 fully saturated rings. The van der Waals surface area contributed by atoms with Gasteiger partial charge in [0.15, 0.2) is 11.6 Å². The van der Waals surface area contributed by atoms with E-state index in [4.69, 9.17) is 10.4 Å². The van der Waals surface area contributed by atoms with E-state index in [0.717, 1.165) is 0 Å². The number of nitrogens with zero attached hydrogens (tertiary/aromatic N) is 1. The van der Waals surface area contributed by atoms with Gasteiger partial charge in [0.25, 0.3) is 0 Å². The van der Waals surface area contributed by atoms with Crippen molar-refractivity contribution in [2.45, 2.75) is 6.92 Å². The molecule has 0 atom stereocenters. The van der Waals surface area contributed by atoms with Gasteiger partial charge < -0.3 is 5.11 Å². The lowest BCUT2D eigenvalue weighted by Gasteiger charge is -1.98. The van der Waals surface area contributed by atoms with Crippen molar-refractivity contribution in [2.24, 2.45) is 0 Å². The molecule has 11 heavy (non-hydrogen) atoms. The third kappa shape index (κ3) is 1.30. The minimum atomic E-state index is -0.749. The molecule has 1 aromatic carbocycles. The quantitative estimate of drug-likeness (QED) is 0.613. The first-order valence-electron chi connectivity index (χ1n) is 3.04. The molecule has 1 aromatic rings. The van der Waals surface area contributed by atoms with Crippen LogP contribution >= 0.6 is 0 Å². The van der Waals surface area contributed by atoms with Crippen LogP contribution in [-0.4, -0.2) is 5.11 Å². The van der Waals surface area contributed by atoms with Gasteiger partial charge in [0.1, 0.15) is 6.07 Å². The molecule has 0 aliphatic carbocycles. The standard InChI is InChI=1S/C8H6FNO/c1-5-2-6(4-10)8(11)7(9)3-5/h2-3,11H,1H3. The van der Waals surface area contributed by atoms with Crippen LogP contribution in [0, 0.1) is 24.1 Å². The summed E-state index contributed by atoms with van der Waals surface area (Å²) in [6, 6.07) is 4.29. The summed E-state index contributed by atoms with van der Waals surface area (Å²) in [5, 5.41) is 17.3. The Morgan fingerprint density at radius 1 is 1.55 bits per heavy atom. The monoisotopic (exact) mass is 151 g/mol. The van der Waals surface area contributed by atoms with Crippen molar-refractivity contribution in [2.75, 3.05) is 0 Å². The first kappa shape index (κ1) is 7.55. The van der Waals surface area contributed by atoms with Crippen LogP contribution in [0.5, 0.6) is 5.75 Å². The Morgan fingerprint density at radius 2 is 2.18 bits per heavy atom. The summed E-state index contributed by atoms with van der Waals surface area (Å²) in [5.41, 5.74) is 0.597. The molecule has 0 aliphatic rings. The van der Waals surface area contributed by atoms with Crippen LogP contribution in [0.25, 0.3) is 0 Å². The van der Waals surface area contributed by atoms with E-state index in [-0.39, 0.29) is 5.56 Å². The molecule has 0 aliphatic heterocycles. The van der Waals surface area contributed by atoms with Crippen molar-refractivity contribution < 1.29 is 9.50 Å². The van der Waals surface area contributed by atoms with Gasteiger partial charge in [-0.1, -0.05) is 0 Å². The van der Waals surface area contributed by atoms with E-state index in [1.54, 1.807) is 13.0 Å². The first-order chi connectivity index (χ1) is 5.15. The Bertz CT molecular complexity index is 328. The Balaban J connectivity index is 3.39. The van der Waals surface area contributed by atoms with Crippen molar-refractivity contribution in [3.05, 3.63) is 29.1 Å². The van der Waals surface area contributed by atoms with E-state index in [2.05, 4.69) is 0 Å². The predicted molar refractivity (Wildman–Crippen MR) is 37.5 cm³/mol. The highest BCUT2D eigenvalue weighted by atomic mass is 19.1. The molecule has 1 rings (SSSR count). The molecule has 0 saturated carbocycles. The zero-order chi connectivity index (χ0) is 8.43. The molecule has 1 N–H and O–H groups in total. The number of hydrogen-bond acceptors (Lipinski definition) is 2. The number of phenolic OH excluding ortho intramolecular Hbond substituents is 1. The maximum absolute atomic E-state index is 12.6. The summed E-state index contributed by atoms with van der Waals surface area (Å²) >= 11 is 0. The van der Waals surface area contributed by atoms with Crippen LogP contribution in [0.1, 0.15) is 11.1 Å². The number of hydrogen-bond donors (Lipinski definition) is 1. The first-order valence-corrected chi connectivity index (χ1v) is 3.04. The second kappa shape index (κ2) is 2.59. The van der Waals surface area contributed by atoms with Gasteiger partial charge in [-0.15, -0.1) is 0 Å². The van der Waals surface area contributed by atoms with E-state index in [1.165, 1.54) is 12.1 Å². The zero-order valence-corrected chi connectivity index (χ0v) is 5.93. The van der Waals surface area contributed by atoms with Crippen molar-refractivity contribution in [3.8, 4) is 11.8 Å². The molecule has 0 spiro atoms. The fraction of sp³-hybridized carbons (Fsp3) is 0.125. The number of rotatable bonds is 0. The van der Waals surface area contributed by atoms with Crippen molar-refractivity contribution in [3.63, 3.8) is 0 Å². The normalized spacial score (nSPS) is 9.18. The van der Waals surface area contributed by atoms with Crippen molar-refractivity contribution in [1.29, 1.82) is 5.26 Å². The van der Waals surface area contributed by atoms with E-state index in [9.17, 15) is 4.39 Å². The molecule has 0 radical (unpaired) electrons. The zero-order valence-electron chi connectivity index (χ0n) is 5.93. The van der Waals surface area contributed by atoms with Crippen LogP contribution < -0.4 is 0 Å². The Hall–Kier alpha value is -1.56. The Morgan fingerprint density at radius 3 is 2.73 bits per heavy atom. The summed E-state index contributed by atoms with van der Waals surface area (Å²) in [6.45, 7) is 1.66. The third-order valence-corrected chi connectivity index (χ3v) is 1.33. The van der Waals surface area contributed by atoms with Crippen LogP contribution in [0.15, 0.2) is 12.1 Å². The topological polar surface area (TPSA) is 44.0 Å². The van der Waals surface area contributed by atoms with E-state index in [0.29, 0.717) is 5.56 Å². The molecule has 0 amide bonds. The molecule has 0 saturated heterocycles. The Kier molecular flexibility index (Phi) is 1.77. The highest BCUT2D eigenvalue weighted by Gasteiger charge is 2.06. The second-order valence-corrected chi connectivity index (χ2v) is 2.25. The van der Waals surface area contributed by atoms with Gasteiger partial charge in [-0.25, -0.2) is 4.39 Å². The van der Waals surface area contributed by atoms with Crippen molar-refractivity contribution >= 4 is 0 Å². The molecular weight excluding hydrogens is 145 g/mol. The molecule has 3 heteroatoms. The van der Waals surface area contributed by atoms with E-state index < -0.39 is 11.6 Å². The lowest BCUT2D eigenvalue weighted by atomic mass is 10.1. The van der Waals surface area contributed by atoms with Gasteiger partial charge in [-0.2, -0.15) is 5.26 Å². The van der Waals surface area contributed by atoms with Gasteiger partial charge >= 0.3 is 0 Å². The largest absolute Gasteiger partial charge is 0.504 e.